The highest BCUT2D eigenvalue weighted by molar-refractivity contribution is 9.10. The molecule has 1 aromatic rings. The Hall–Kier alpha value is -0.740. The van der Waals surface area contributed by atoms with E-state index in [1.54, 1.807) is 0 Å². The second kappa shape index (κ2) is 5.71. The zero-order valence-electron chi connectivity index (χ0n) is 12.0. The summed E-state index contributed by atoms with van der Waals surface area (Å²) in [5, 5.41) is 3.43. The SMILES string of the molecule is CCC(C)(C)C(NC)c1cc2c(cc1Br)OCCO2. The third kappa shape index (κ3) is 2.90. The van der Waals surface area contributed by atoms with Crippen LogP contribution < -0.4 is 14.8 Å². The Bertz CT molecular complexity index is 460. The largest absolute Gasteiger partial charge is 0.486 e. The van der Waals surface area contributed by atoms with Crippen LogP contribution in [0.15, 0.2) is 16.6 Å². The first-order chi connectivity index (χ1) is 8.99. The summed E-state index contributed by atoms with van der Waals surface area (Å²) in [5.41, 5.74) is 1.39. The Balaban J connectivity index is 2.43. The Morgan fingerprint density at radius 1 is 1.26 bits per heavy atom. The van der Waals surface area contributed by atoms with Crippen LogP contribution in [-0.2, 0) is 0 Å². The fraction of sp³-hybridized carbons (Fsp3) is 0.600. The molecule has 0 bridgehead atoms. The van der Waals surface area contributed by atoms with E-state index in [9.17, 15) is 0 Å². The van der Waals surface area contributed by atoms with E-state index in [2.05, 4.69) is 48.1 Å². The van der Waals surface area contributed by atoms with Gasteiger partial charge in [0.2, 0.25) is 0 Å². The third-order valence-electron chi connectivity index (χ3n) is 3.95. The minimum absolute atomic E-state index is 0.168. The van der Waals surface area contributed by atoms with Gasteiger partial charge >= 0.3 is 0 Å². The van der Waals surface area contributed by atoms with Crippen LogP contribution >= 0.6 is 15.9 Å². The molecular weight excluding hydrogens is 306 g/mol. The third-order valence-corrected chi connectivity index (χ3v) is 4.64. The van der Waals surface area contributed by atoms with Crippen molar-refractivity contribution in [2.24, 2.45) is 5.41 Å². The molecule has 1 unspecified atom stereocenters. The van der Waals surface area contributed by atoms with E-state index in [0.29, 0.717) is 13.2 Å². The highest BCUT2D eigenvalue weighted by Crippen LogP contribution is 2.43. The average molecular weight is 328 g/mol. The van der Waals surface area contributed by atoms with Crippen molar-refractivity contribution in [3.8, 4) is 11.5 Å². The van der Waals surface area contributed by atoms with Gasteiger partial charge in [-0.3, -0.25) is 0 Å². The first-order valence-corrected chi connectivity index (χ1v) is 7.55. The van der Waals surface area contributed by atoms with Gasteiger partial charge in [-0.15, -0.1) is 0 Å². The molecule has 0 aromatic heterocycles. The van der Waals surface area contributed by atoms with Crippen molar-refractivity contribution in [3.63, 3.8) is 0 Å². The summed E-state index contributed by atoms with van der Waals surface area (Å²) < 4.78 is 12.4. The monoisotopic (exact) mass is 327 g/mol. The number of nitrogens with one attached hydrogen (secondary N) is 1. The highest BCUT2D eigenvalue weighted by Gasteiger charge is 2.30. The summed E-state index contributed by atoms with van der Waals surface area (Å²) in [6, 6.07) is 4.37. The van der Waals surface area contributed by atoms with Gasteiger partial charge in [-0.1, -0.05) is 36.7 Å². The molecule has 1 aromatic carbocycles. The first-order valence-electron chi connectivity index (χ1n) is 6.76. The predicted molar refractivity (Wildman–Crippen MR) is 81.0 cm³/mol. The van der Waals surface area contributed by atoms with Crippen molar-refractivity contribution in [1.29, 1.82) is 0 Å². The van der Waals surface area contributed by atoms with Crippen LogP contribution in [0.3, 0.4) is 0 Å². The van der Waals surface area contributed by atoms with Crippen molar-refractivity contribution in [2.45, 2.75) is 33.2 Å². The summed E-state index contributed by atoms with van der Waals surface area (Å²) in [6.07, 6.45) is 1.10. The van der Waals surface area contributed by atoms with E-state index in [-0.39, 0.29) is 11.5 Å². The predicted octanol–water partition coefficient (Wildman–Crippen LogP) is 3.92. The first kappa shape index (κ1) is 14.7. The zero-order valence-corrected chi connectivity index (χ0v) is 13.6. The van der Waals surface area contributed by atoms with Gasteiger partial charge in [0.1, 0.15) is 13.2 Å². The second-order valence-electron chi connectivity index (χ2n) is 5.58. The molecule has 0 amide bonds. The van der Waals surface area contributed by atoms with Gasteiger partial charge in [-0.05, 0) is 36.6 Å². The summed E-state index contributed by atoms with van der Waals surface area (Å²) >= 11 is 3.66. The fourth-order valence-corrected chi connectivity index (χ4v) is 3.02. The van der Waals surface area contributed by atoms with E-state index in [1.807, 2.05) is 13.1 Å². The standard InChI is InChI=1S/C15H22BrNO2/c1-5-15(2,3)14(17-4)10-8-12-13(9-11(10)16)19-7-6-18-12/h8-9,14,17H,5-7H2,1-4H3. The molecule has 0 fully saturated rings. The van der Waals surface area contributed by atoms with Crippen LogP contribution in [0.1, 0.15) is 38.8 Å². The number of halogens is 1. The van der Waals surface area contributed by atoms with E-state index >= 15 is 0 Å². The van der Waals surface area contributed by atoms with Crippen molar-refractivity contribution in [2.75, 3.05) is 20.3 Å². The van der Waals surface area contributed by atoms with Gasteiger partial charge in [0, 0.05) is 10.5 Å². The molecule has 1 heterocycles. The minimum atomic E-state index is 0.168. The molecule has 2 rings (SSSR count). The minimum Gasteiger partial charge on any atom is -0.486 e. The lowest BCUT2D eigenvalue weighted by atomic mass is 9.78. The number of ether oxygens (including phenoxy) is 2. The van der Waals surface area contributed by atoms with Crippen LogP contribution in [-0.4, -0.2) is 20.3 Å². The summed E-state index contributed by atoms with van der Waals surface area (Å²) in [6.45, 7) is 8.01. The quantitative estimate of drug-likeness (QED) is 0.909. The Labute approximate surface area is 123 Å². The number of benzene rings is 1. The fourth-order valence-electron chi connectivity index (χ4n) is 2.47. The van der Waals surface area contributed by atoms with Crippen LogP contribution in [0.5, 0.6) is 11.5 Å². The van der Waals surface area contributed by atoms with Crippen molar-refractivity contribution in [3.05, 3.63) is 22.2 Å². The molecule has 0 radical (unpaired) electrons. The van der Waals surface area contributed by atoms with E-state index < -0.39 is 0 Å². The van der Waals surface area contributed by atoms with Crippen LogP contribution in [0.2, 0.25) is 0 Å². The number of fused-ring (bicyclic) bond motifs is 1. The van der Waals surface area contributed by atoms with E-state index in [0.717, 1.165) is 22.4 Å². The molecule has 1 N–H and O–H groups in total. The highest BCUT2D eigenvalue weighted by atomic mass is 79.9. The maximum absolute atomic E-state index is 5.69. The second-order valence-corrected chi connectivity index (χ2v) is 6.44. The number of rotatable bonds is 4. The molecule has 4 heteroatoms. The van der Waals surface area contributed by atoms with Crippen LogP contribution in [0, 0.1) is 5.41 Å². The Morgan fingerprint density at radius 2 is 1.84 bits per heavy atom. The molecule has 0 saturated heterocycles. The smallest absolute Gasteiger partial charge is 0.162 e. The molecule has 0 aliphatic carbocycles. The van der Waals surface area contributed by atoms with Crippen molar-refractivity contribution >= 4 is 15.9 Å². The summed E-state index contributed by atoms with van der Waals surface area (Å²) in [5.74, 6) is 1.67. The molecule has 19 heavy (non-hydrogen) atoms. The van der Waals surface area contributed by atoms with Crippen LogP contribution in [0.4, 0.5) is 0 Å². The van der Waals surface area contributed by atoms with Gasteiger partial charge < -0.3 is 14.8 Å². The Kier molecular flexibility index (Phi) is 4.41. The topological polar surface area (TPSA) is 30.5 Å². The maximum atomic E-state index is 5.69. The summed E-state index contributed by atoms with van der Waals surface area (Å²) in [4.78, 5) is 0. The Morgan fingerprint density at radius 3 is 2.37 bits per heavy atom. The number of hydrogen-bond acceptors (Lipinski definition) is 3. The molecule has 1 aliphatic rings. The van der Waals surface area contributed by atoms with Crippen molar-refractivity contribution in [1.82, 2.24) is 5.32 Å². The zero-order chi connectivity index (χ0) is 14.0. The maximum Gasteiger partial charge on any atom is 0.162 e. The van der Waals surface area contributed by atoms with E-state index in [1.165, 1.54) is 5.56 Å². The lowest BCUT2D eigenvalue weighted by Gasteiger charge is -2.35. The summed E-state index contributed by atoms with van der Waals surface area (Å²) in [7, 11) is 2.01. The van der Waals surface area contributed by atoms with Gasteiger partial charge in [0.15, 0.2) is 11.5 Å². The van der Waals surface area contributed by atoms with E-state index in [4.69, 9.17) is 9.47 Å². The molecule has 3 nitrogen and oxygen atoms in total. The molecule has 1 aliphatic heterocycles. The molecule has 106 valence electrons. The lowest BCUT2D eigenvalue weighted by molar-refractivity contribution is 0.170. The molecule has 1 atom stereocenters. The average Bonchev–Trinajstić information content (AvgIpc) is 2.40. The molecule has 0 saturated carbocycles. The van der Waals surface area contributed by atoms with Crippen LogP contribution in [0.25, 0.3) is 0 Å². The van der Waals surface area contributed by atoms with Gasteiger partial charge in [-0.25, -0.2) is 0 Å². The molecule has 0 spiro atoms. The van der Waals surface area contributed by atoms with Gasteiger partial charge in [0.05, 0.1) is 0 Å². The van der Waals surface area contributed by atoms with Gasteiger partial charge in [-0.2, -0.15) is 0 Å². The normalized spacial score (nSPS) is 16.3. The van der Waals surface area contributed by atoms with Crippen molar-refractivity contribution < 1.29 is 9.47 Å². The lowest BCUT2D eigenvalue weighted by Crippen LogP contribution is -2.32. The number of hydrogen-bond donors (Lipinski definition) is 1. The van der Waals surface area contributed by atoms with Gasteiger partial charge in [0.25, 0.3) is 0 Å². The molecular formula is C15H22BrNO2.